The lowest BCUT2D eigenvalue weighted by molar-refractivity contribution is 0.116. The summed E-state index contributed by atoms with van der Waals surface area (Å²) in [4.78, 5) is 9.66. The molecular weight excluding hydrogens is 300 g/mol. The van der Waals surface area contributed by atoms with Gasteiger partial charge in [-0.2, -0.15) is 9.61 Å². The lowest BCUT2D eigenvalue weighted by atomic mass is 10.1. The van der Waals surface area contributed by atoms with Gasteiger partial charge >= 0.3 is 0 Å². The highest BCUT2D eigenvalue weighted by molar-refractivity contribution is 5.49. The number of aromatic nitrogens is 3. The Kier molecular flexibility index (Phi) is 5.68. The molecule has 6 nitrogen and oxygen atoms in total. The number of piperazine rings is 1. The number of rotatable bonds is 7. The van der Waals surface area contributed by atoms with Crippen LogP contribution in [-0.2, 0) is 6.42 Å². The van der Waals surface area contributed by atoms with E-state index in [0.29, 0.717) is 6.04 Å². The van der Waals surface area contributed by atoms with Crippen LogP contribution in [0.15, 0.2) is 18.3 Å². The first-order valence-electron chi connectivity index (χ1n) is 9.17. The van der Waals surface area contributed by atoms with E-state index in [4.69, 9.17) is 0 Å². The van der Waals surface area contributed by atoms with Gasteiger partial charge in [-0.3, -0.25) is 4.90 Å². The minimum Gasteiger partial charge on any atom is -0.370 e. The van der Waals surface area contributed by atoms with Crippen LogP contribution in [0.25, 0.3) is 5.65 Å². The molecular formula is C18H30N6. The Morgan fingerprint density at radius 2 is 2.04 bits per heavy atom. The van der Waals surface area contributed by atoms with Crippen molar-refractivity contribution in [2.45, 2.75) is 39.2 Å². The maximum Gasteiger partial charge on any atom is 0.157 e. The van der Waals surface area contributed by atoms with Gasteiger partial charge in [-0.15, -0.1) is 0 Å². The number of anilines is 1. The number of hydrogen-bond donors (Lipinski definition) is 1. The minimum atomic E-state index is 0.608. The number of likely N-dealkylation sites (N-methyl/N-ethyl adjacent to an activating group) is 1. The molecule has 3 rings (SSSR count). The molecule has 1 aliphatic rings. The molecule has 0 unspecified atom stereocenters. The summed E-state index contributed by atoms with van der Waals surface area (Å²) in [6.45, 7) is 10.2. The van der Waals surface area contributed by atoms with Crippen molar-refractivity contribution in [2.24, 2.45) is 0 Å². The van der Waals surface area contributed by atoms with Crippen molar-refractivity contribution in [1.29, 1.82) is 0 Å². The second-order valence-electron chi connectivity index (χ2n) is 6.89. The van der Waals surface area contributed by atoms with Gasteiger partial charge in [0.05, 0.1) is 6.20 Å². The van der Waals surface area contributed by atoms with E-state index in [9.17, 15) is 0 Å². The Labute approximate surface area is 144 Å². The Balaban J connectivity index is 1.58. The number of nitrogens with one attached hydrogen (secondary N) is 1. The summed E-state index contributed by atoms with van der Waals surface area (Å²) < 4.78 is 1.90. The first-order valence-corrected chi connectivity index (χ1v) is 9.17. The van der Waals surface area contributed by atoms with Crippen molar-refractivity contribution in [1.82, 2.24) is 24.4 Å². The molecule has 6 heteroatoms. The van der Waals surface area contributed by atoms with Crippen LogP contribution in [0.2, 0.25) is 0 Å². The molecule has 0 saturated carbocycles. The fourth-order valence-electron chi connectivity index (χ4n) is 3.33. The molecule has 1 N–H and O–H groups in total. The van der Waals surface area contributed by atoms with Gasteiger partial charge in [-0.05, 0) is 26.8 Å². The summed E-state index contributed by atoms with van der Waals surface area (Å²) in [5, 5.41) is 7.97. The van der Waals surface area contributed by atoms with Crippen LogP contribution in [0.3, 0.4) is 0 Å². The van der Waals surface area contributed by atoms with Crippen LogP contribution in [0.4, 0.5) is 5.82 Å². The monoisotopic (exact) mass is 330 g/mol. The molecule has 2 aromatic heterocycles. The Morgan fingerprint density at radius 1 is 1.25 bits per heavy atom. The van der Waals surface area contributed by atoms with Gasteiger partial charge in [0.1, 0.15) is 5.82 Å². The quantitative estimate of drug-likeness (QED) is 0.843. The highest BCUT2D eigenvalue weighted by Crippen LogP contribution is 2.14. The topological polar surface area (TPSA) is 48.7 Å². The third-order valence-electron chi connectivity index (χ3n) is 4.95. The highest BCUT2D eigenvalue weighted by atomic mass is 15.3. The number of hydrogen-bond acceptors (Lipinski definition) is 5. The second-order valence-corrected chi connectivity index (χ2v) is 6.89. The molecule has 3 heterocycles. The van der Waals surface area contributed by atoms with E-state index in [0.717, 1.165) is 43.0 Å². The van der Waals surface area contributed by atoms with E-state index in [1.165, 1.54) is 26.2 Å². The van der Waals surface area contributed by atoms with Gasteiger partial charge in [-0.25, -0.2) is 4.98 Å². The van der Waals surface area contributed by atoms with E-state index in [1.807, 2.05) is 16.8 Å². The van der Waals surface area contributed by atoms with Crippen LogP contribution < -0.4 is 5.32 Å². The van der Waals surface area contributed by atoms with Gasteiger partial charge in [0.25, 0.3) is 0 Å². The number of nitrogens with zero attached hydrogens (tertiary/aromatic N) is 5. The highest BCUT2D eigenvalue weighted by Gasteiger charge is 2.18. The van der Waals surface area contributed by atoms with Gasteiger partial charge in [-0.1, -0.05) is 13.3 Å². The Morgan fingerprint density at radius 3 is 2.79 bits per heavy atom. The maximum atomic E-state index is 4.66. The van der Waals surface area contributed by atoms with Crippen molar-refractivity contribution in [3.8, 4) is 0 Å². The molecule has 0 amide bonds. The standard InChI is InChI=1S/C18H30N6/c1-4-5-16-14-18(24-17(21-16)7-9-20-24)19-8-6-15(2)23-12-10-22(3)11-13-23/h7,9,14-15,19H,4-6,8,10-13H2,1-3H3/t15-/m1/s1. The molecule has 1 atom stereocenters. The van der Waals surface area contributed by atoms with Gasteiger partial charge < -0.3 is 10.2 Å². The van der Waals surface area contributed by atoms with Crippen LogP contribution in [0.1, 0.15) is 32.4 Å². The summed E-state index contributed by atoms with van der Waals surface area (Å²) in [7, 11) is 2.20. The second kappa shape index (κ2) is 7.94. The van der Waals surface area contributed by atoms with E-state index in [-0.39, 0.29) is 0 Å². The summed E-state index contributed by atoms with van der Waals surface area (Å²) >= 11 is 0. The van der Waals surface area contributed by atoms with Crippen LogP contribution in [0.5, 0.6) is 0 Å². The van der Waals surface area contributed by atoms with Gasteiger partial charge in [0, 0.05) is 56.6 Å². The largest absolute Gasteiger partial charge is 0.370 e. The molecule has 1 saturated heterocycles. The normalized spacial score (nSPS) is 18.1. The molecule has 0 aliphatic carbocycles. The molecule has 0 aromatic carbocycles. The predicted octanol–water partition coefficient (Wildman–Crippen LogP) is 2.12. The van der Waals surface area contributed by atoms with Crippen molar-refractivity contribution < 1.29 is 0 Å². The Bertz CT molecular complexity index is 644. The van der Waals surface area contributed by atoms with Crippen LogP contribution in [-0.4, -0.2) is 70.2 Å². The first kappa shape index (κ1) is 17.2. The Hall–Kier alpha value is -1.66. The number of aryl methyl sites for hydroxylation is 1. The average Bonchev–Trinajstić information content (AvgIpc) is 3.04. The maximum absolute atomic E-state index is 4.66. The van der Waals surface area contributed by atoms with E-state index in [1.54, 1.807) is 0 Å². The zero-order valence-corrected chi connectivity index (χ0v) is 15.2. The average molecular weight is 330 g/mol. The van der Waals surface area contributed by atoms with Crippen LogP contribution >= 0.6 is 0 Å². The molecule has 24 heavy (non-hydrogen) atoms. The fourth-order valence-corrected chi connectivity index (χ4v) is 3.33. The third-order valence-corrected chi connectivity index (χ3v) is 4.95. The summed E-state index contributed by atoms with van der Waals surface area (Å²) in [5.74, 6) is 1.05. The SMILES string of the molecule is CCCc1cc(NCC[C@@H](C)N2CCN(C)CC2)n2nccc2n1. The molecule has 2 aromatic rings. The molecule has 0 spiro atoms. The van der Waals surface area contributed by atoms with Crippen molar-refractivity contribution in [2.75, 3.05) is 45.1 Å². The van der Waals surface area contributed by atoms with Crippen LogP contribution in [0, 0.1) is 0 Å². The third kappa shape index (κ3) is 4.05. The zero-order valence-electron chi connectivity index (χ0n) is 15.2. The van der Waals surface area contributed by atoms with Gasteiger partial charge in [0.15, 0.2) is 5.65 Å². The molecule has 0 radical (unpaired) electrons. The van der Waals surface area contributed by atoms with Crippen molar-refractivity contribution in [3.63, 3.8) is 0 Å². The lowest BCUT2D eigenvalue weighted by Crippen LogP contribution is -2.48. The zero-order chi connectivity index (χ0) is 16.9. The molecule has 1 aliphatic heterocycles. The van der Waals surface area contributed by atoms with Crippen molar-refractivity contribution in [3.05, 3.63) is 24.0 Å². The molecule has 132 valence electrons. The minimum absolute atomic E-state index is 0.608. The smallest absolute Gasteiger partial charge is 0.157 e. The summed E-state index contributed by atoms with van der Waals surface area (Å²) in [6.07, 6.45) is 5.07. The van der Waals surface area contributed by atoms with E-state index in [2.05, 4.69) is 52.2 Å². The molecule has 1 fully saturated rings. The molecule has 0 bridgehead atoms. The summed E-state index contributed by atoms with van der Waals surface area (Å²) in [5.41, 5.74) is 2.07. The van der Waals surface area contributed by atoms with E-state index < -0.39 is 0 Å². The van der Waals surface area contributed by atoms with Gasteiger partial charge in [0.2, 0.25) is 0 Å². The number of fused-ring (bicyclic) bond motifs is 1. The fraction of sp³-hybridized carbons (Fsp3) is 0.667. The predicted molar refractivity (Wildman–Crippen MR) is 98.6 cm³/mol. The van der Waals surface area contributed by atoms with Crippen molar-refractivity contribution >= 4 is 11.5 Å². The van der Waals surface area contributed by atoms with E-state index >= 15 is 0 Å². The summed E-state index contributed by atoms with van der Waals surface area (Å²) in [6, 6.07) is 4.72. The first-order chi connectivity index (χ1) is 11.7. The lowest BCUT2D eigenvalue weighted by Gasteiger charge is -2.36.